The molecule has 2 nitrogen and oxygen atoms in total. The van der Waals surface area contributed by atoms with Gasteiger partial charge in [0.25, 0.3) is 0 Å². The van der Waals surface area contributed by atoms with Gasteiger partial charge in [0.1, 0.15) is 6.29 Å². The lowest BCUT2D eigenvalue weighted by molar-refractivity contribution is -0.109. The summed E-state index contributed by atoms with van der Waals surface area (Å²) in [6.07, 6.45) is 7.66. The third-order valence-corrected chi connectivity index (χ3v) is 7.96. The van der Waals surface area contributed by atoms with E-state index < -0.39 is 8.32 Å². The first-order valence-electron chi connectivity index (χ1n) is 6.51. The van der Waals surface area contributed by atoms with Crippen LogP contribution in [0, 0.1) is 0 Å². The van der Waals surface area contributed by atoms with Gasteiger partial charge in [0, 0.05) is 6.42 Å². The molecule has 0 saturated carbocycles. The number of rotatable bonds is 7. The van der Waals surface area contributed by atoms with E-state index in [0.717, 1.165) is 19.1 Å². The van der Waals surface area contributed by atoms with Gasteiger partial charge in [-0.3, -0.25) is 0 Å². The topological polar surface area (TPSA) is 26.3 Å². The van der Waals surface area contributed by atoms with Crippen LogP contribution < -0.4 is 0 Å². The van der Waals surface area contributed by atoms with E-state index in [4.69, 9.17) is 4.43 Å². The van der Waals surface area contributed by atoms with Gasteiger partial charge in [-0.25, -0.2) is 0 Å². The van der Waals surface area contributed by atoms with E-state index in [2.05, 4.69) is 52.9 Å². The Labute approximate surface area is 108 Å². The number of carbonyl (C=O) groups excluding carboxylic acids is 1. The second kappa shape index (κ2) is 7.12. The summed E-state index contributed by atoms with van der Waals surface area (Å²) < 4.78 is 6.25. The fraction of sp³-hybridized carbons (Fsp3) is 0.786. The highest BCUT2D eigenvalue weighted by Crippen LogP contribution is 2.37. The molecule has 0 aliphatic heterocycles. The monoisotopic (exact) mass is 256 g/mol. The Morgan fingerprint density at radius 3 is 2.18 bits per heavy atom. The third kappa shape index (κ3) is 6.17. The van der Waals surface area contributed by atoms with Crippen LogP contribution in [0.15, 0.2) is 12.2 Å². The lowest BCUT2D eigenvalue weighted by Crippen LogP contribution is -2.44. The van der Waals surface area contributed by atoms with Crippen LogP contribution in [0.5, 0.6) is 0 Å². The average Bonchev–Trinajstić information content (AvgIpc) is 2.16. The van der Waals surface area contributed by atoms with Gasteiger partial charge < -0.3 is 9.22 Å². The van der Waals surface area contributed by atoms with Crippen LogP contribution in [0.1, 0.15) is 47.0 Å². The molecule has 0 fully saturated rings. The van der Waals surface area contributed by atoms with Crippen LogP contribution in [-0.2, 0) is 9.22 Å². The number of aldehydes is 1. The number of hydrogen-bond donors (Lipinski definition) is 0. The quantitative estimate of drug-likeness (QED) is 0.385. The maximum atomic E-state index is 10.7. The first kappa shape index (κ1) is 16.6. The van der Waals surface area contributed by atoms with Crippen molar-refractivity contribution in [3.05, 3.63) is 12.2 Å². The molecular weight excluding hydrogens is 228 g/mol. The zero-order valence-electron chi connectivity index (χ0n) is 12.2. The zero-order chi connectivity index (χ0) is 13.5. The van der Waals surface area contributed by atoms with Gasteiger partial charge in [0.15, 0.2) is 8.32 Å². The van der Waals surface area contributed by atoms with E-state index in [-0.39, 0.29) is 11.1 Å². The molecule has 0 aromatic heterocycles. The molecule has 0 saturated heterocycles. The predicted octanol–water partition coefficient (Wildman–Crippen LogP) is 4.32. The summed E-state index contributed by atoms with van der Waals surface area (Å²) in [5, 5.41) is 0.197. The summed E-state index contributed by atoms with van der Waals surface area (Å²) in [5.74, 6) is 0. The van der Waals surface area contributed by atoms with Crippen molar-refractivity contribution in [2.75, 3.05) is 0 Å². The standard InChI is InChI=1S/C14H28O2Si/c1-7-8-9-10-13(11-12-15)16-17(5,6)14(2,3)4/h8-9,12-13H,7,10-11H2,1-6H3/b9-8-/t13-/m0/s1. The molecule has 0 bridgehead atoms. The highest BCUT2D eigenvalue weighted by molar-refractivity contribution is 6.74. The van der Waals surface area contributed by atoms with E-state index in [1.54, 1.807) is 0 Å². The number of carbonyl (C=O) groups is 1. The Bertz CT molecular complexity index is 251. The van der Waals surface area contributed by atoms with Crippen LogP contribution in [0.4, 0.5) is 0 Å². The summed E-state index contributed by atoms with van der Waals surface area (Å²) in [5.41, 5.74) is 0. The highest BCUT2D eigenvalue weighted by atomic mass is 28.4. The molecule has 0 aromatic rings. The molecule has 0 N–H and O–H groups in total. The van der Waals surface area contributed by atoms with Crippen LogP contribution in [0.25, 0.3) is 0 Å². The molecule has 0 heterocycles. The Morgan fingerprint density at radius 1 is 1.18 bits per heavy atom. The van der Waals surface area contributed by atoms with Crippen molar-refractivity contribution < 1.29 is 9.22 Å². The van der Waals surface area contributed by atoms with E-state index in [0.29, 0.717) is 6.42 Å². The fourth-order valence-electron chi connectivity index (χ4n) is 1.31. The lowest BCUT2D eigenvalue weighted by atomic mass is 10.2. The maximum absolute atomic E-state index is 10.7. The van der Waals surface area contributed by atoms with Crippen molar-refractivity contribution in [1.29, 1.82) is 0 Å². The van der Waals surface area contributed by atoms with Gasteiger partial charge in [-0.05, 0) is 31.0 Å². The second-order valence-electron chi connectivity index (χ2n) is 6.02. The molecule has 3 heteroatoms. The van der Waals surface area contributed by atoms with Gasteiger partial charge in [0.05, 0.1) is 6.10 Å². The summed E-state index contributed by atoms with van der Waals surface area (Å²) in [6.45, 7) is 13.2. The minimum absolute atomic E-state index is 0.0520. The first-order chi connectivity index (χ1) is 7.74. The van der Waals surface area contributed by atoms with Gasteiger partial charge in [0.2, 0.25) is 0 Å². The molecule has 0 unspecified atom stereocenters. The Balaban J connectivity index is 4.52. The van der Waals surface area contributed by atoms with Crippen LogP contribution in [-0.4, -0.2) is 20.7 Å². The summed E-state index contributed by atoms with van der Waals surface area (Å²) in [4.78, 5) is 10.7. The first-order valence-corrected chi connectivity index (χ1v) is 9.42. The van der Waals surface area contributed by atoms with Crippen molar-refractivity contribution in [1.82, 2.24) is 0 Å². The van der Waals surface area contributed by atoms with Gasteiger partial charge in [-0.15, -0.1) is 0 Å². The van der Waals surface area contributed by atoms with Gasteiger partial charge in [-0.1, -0.05) is 39.8 Å². The van der Waals surface area contributed by atoms with Crippen molar-refractivity contribution in [2.45, 2.75) is 71.2 Å². The molecule has 100 valence electrons. The molecule has 0 rings (SSSR count). The zero-order valence-corrected chi connectivity index (χ0v) is 13.2. The van der Waals surface area contributed by atoms with Crippen LogP contribution >= 0.6 is 0 Å². The SMILES string of the molecule is CC/C=C\C[C@@H](CC=O)O[Si](C)(C)C(C)(C)C. The normalized spacial score (nSPS) is 15.2. The molecule has 17 heavy (non-hydrogen) atoms. The molecule has 0 amide bonds. The smallest absolute Gasteiger partial charge is 0.192 e. The van der Waals surface area contributed by atoms with Crippen LogP contribution in [0.2, 0.25) is 18.1 Å². The molecule has 0 radical (unpaired) electrons. The van der Waals surface area contributed by atoms with Gasteiger partial charge >= 0.3 is 0 Å². The molecule has 0 aromatic carbocycles. The fourth-order valence-corrected chi connectivity index (χ4v) is 2.69. The Kier molecular flexibility index (Phi) is 6.94. The Hall–Kier alpha value is -0.413. The maximum Gasteiger partial charge on any atom is 0.192 e. The number of hydrogen-bond acceptors (Lipinski definition) is 2. The predicted molar refractivity (Wildman–Crippen MR) is 76.8 cm³/mol. The minimum atomic E-state index is -1.76. The molecular formula is C14H28O2Si. The summed E-state index contributed by atoms with van der Waals surface area (Å²) in [7, 11) is -1.76. The van der Waals surface area contributed by atoms with Crippen molar-refractivity contribution >= 4 is 14.6 Å². The third-order valence-electron chi connectivity index (χ3n) is 3.43. The van der Waals surface area contributed by atoms with E-state index in [9.17, 15) is 4.79 Å². The van der Waals surface area contributed by atoms with Gasteiger partial charge in [-0.2, -0.15) is 0 Å². The van der Waals surface area contributed by atoms with E-state index >= 15 is 0 Å². The van der Waals surface area contributed by atoms with E-state index in [1.165, 1.54) is 0 Å². The van der Waals surface area contributed by atoms with E-state index in [1.807, 2.05) is 0 Å². The molecule has 0 aliphatic rings. The second-order valence-corrected chi connectivity index (χ2v) is 10.8. The van der Waals surface area contributed by atoms with Crippen molar-refractivity contribution in [3.63, 3.8) is 0 Å². The van der Waals surface area contributed by atoms with Crippen molar-refractivity contribution in [3.8, 4) is 0 Å². The van der Waals surface area contributed by atoms with Crippen LogP contribution in [0.3, 0.4) is 0 Å². The average molecular weight is 256 g/mol. The minimum Gasteiger partial charge on any atom is -0.413 e. The Morgan fingerprint density at radius 2 is 1.76 bits per heavy atom. The molecule has 0 aliphatic carbocycles. The summed E-state index contributed by atoms with van der Waals surface area (Å²) >= 11 is 0. The summed E-state index contributed by atoms with van der Waals surface area (Å²) in [6, 6.07) is 0. The molecule has 0 spiro atoms. The highest BCUT2D eigenvalue weighted by Gasteiger charge is 2.38. The largest absolute Gasteiger partial charge is 0.413 e. The molecule has 1 atom stereocenters. The van der Waals surface area contributed by atoms with Crippen molar-refractivity contribution in [2.24, 2.45) is 0 Å². The lowest BCUT2D eigenvalue weighted by Gasteiger charge is -2.38. The number of allylic oxidation sites excluding steroid dienone is 1.